The molecule has 4 nitrogen and oxygen atoms in total. The number of anilines is 6. The molecule has 10 aromatic rings. The molecule has 0 spiro atoms. The Labute approximate surface area is 379 Å². The number of halogens is 4. The maximum atomic E-state index is 16.6. The summed E-state index contributed by atoms with van der Waals surface area (Å²) in [5.74, 6) is -2.95. The van der Waals surface area contributed by atoms with Crippen LogP contribution in [0.25, 0.3) is 59.4 Å². The highest BCUT2D eigenvalue weighted by molar-refractivity contribution is 6.28. The van der Waals surface area contributed by atoms with Crippen LogP contribution < -0.4 is 9.80 Å². The zero-order valence-corrected chi connectivity index (χ0v) is 36.3. The molecule has 0 atom stereocenters. The van der Waals surface area contributed by atoms with Gasteiger partial charge in [-0.1, -0.05) is 107 Å². The first-order valence-electron chi connectivity index (χ1n) is 21.3. The Morgan fingerprint density at radius 3 is 1.23 bits per heavy atom. The van der Waals surface area contributed by atoms with Crippen LogP contribution in [0, 0.1) is 68.9 Å². The Hall–Kier alpha value is -8.46. The predicted octanol–water partition coefficient (Wildman–Crippen LogP) is 17.1. The smallest absolute Gasteiger partial charge is 0.187 e. The third-order valence-electron chi connectivity index (χ3n) is 12.2. The lowest BCUT2D eigenvalue weighted by Crippen LogP contribution is -2.14. The average Bonchev–Trinajstić information content (AvgIpc) is 3.30. The Kier molecular flexibility index (Phi) is 10.2. The van der Waals surface area contributed by atoms with Crippen molar-refractivity contribution in [1.29, 1.82) is 5.26 Å². The van der Waals surface area contributed by atoms with Gasteiger partial charge in [-0.2, -0.15) is 5.26 Å². The summed E-state index contributed by atoms with van der Waals surface area (Å²) in [6.07, 6.45) is 0. The van der Waals surface area contributed by atoms with E-state index in [9.17, 15) is 5.26 Å². The molecule has 0 bridgehead atoms. The zero-order chi connectivity index (χ0) is 46.0. The molecule has 0 aromatic heterocycles. The van der Waals surface area contributed by atoms with E-state index >= 15 is 17.6 Å². The first-order chi connectivity index (χ1) is 31.9. The second-order valence-electron chi connectivity index (χ2n) is 16.9. The van der Waals surface area contributed by atoms with Crippen molar-refractivity contribution in [1.82, 2.24) is 0 Å². The fraction of sp³-hybridized carbons (Fsp3) is 0.0690. The molecule has 0 N–H and O–H groups in total. The summed E-state index contributed by atoms with van der Waals surface area (Å²) in [5.41, 5.74) is 8.77. The molecule has 0 aliphatic carbocycles. The highest BCUT2D eigenvalue weighted by Crippen LogP contribution is 2.49. The van der Waals surface area contributed by atoms with Gasteiger partial charge in [0, 0.05) is 45.4 Å². The minimum absolute atomic E-state index is 0.103. The van der Waals surface area contributed by atoms with Crippen LogP contribution in [0.15, 0.2) is 158 Å². The van der Waals surface area contributed by atoms with Gasteiger partial charge in [0.25, 0.3) is 0 Å². The van der Waals surface area contributed by atoms with Crippen molar-refractivity contribution >= 4 is 72.1 Å². The molecule has 66 heavy (non-hydrogen) atoms. The molecule has 0 radical (unpaired) electrons. The molecule has 0 saturated carbocycles. The zero-order valence-electron chi connectivity index (χ0n) is 36.3. The van der Waals surface area contributed by atoms with Gasteiger partial charge < -0.3 is 9.80 Å². The van der Waals surface area contributed by atoms with Crippen molar-refractivity contribution in [3.8, 4) is 28.3 Å². The normalized spacial score (nSPS) is 11.3. The topological polar surface area (TPSA) is 34.6 Å². The molecule has 0 heterocycles. The number of aryl methyl sites for hydroxylation is 4. The molecule has 0 aliphatic rings. The third kappa shape index (κ3) is 7.19. The van der Waals surface area contributed by atoms with Gasteiger partial charge in [-0.3, -0.25) is 0 Å². The molecular formula is C58H38F4N4. The lowest BCUT2D eigenvalue weighted by atomic mass is 9.91. The van der Waals surface area contributed by atoms with E-state index in [1.807, 2.05) is 113 Å². The van der Waals surface area contributed by atoms with Gasteiger partial charge in [-0.15, -0.1) is 0 Å². The van der Waals surface area contributed by atoms with Gasteiger partial charge in [-0.25, -0.2) is 22.4 Å². The molecule has 8 heteroatoms. The first-order valence-corrected chi connectivity index (χ1v) is 21.3. The lowest BCUT2D eigenvalue weighted by Gasteiger charge is -2.30. The summed E-state index contributed by atoms with van der Waals surface area (Å²) >= 11 is 0. The molecule has 318 valence electrons. The average molecular weight is 867 g/mol. The van der Waals surface area contributed by atoms with Gasteiger partial charge in [0.1, 0.15) is 23.3 Å². The standard InChI is InChI=1S/C58H38F4N4/c1-33-22-34(2)25-40(24-33)47-28-55(51(61)30-49(47)59)65(43-14-6-37(32-63)7-15-43)53-20-10-38-9-19-46-54(21-11-39-8-18-45(53)57(38)58(39)46)66(44-16-12-42(64-5)13-17-44)56-29-48(50(60)31-52(56)62)41-26-35(3)23-36(4)27-41/h6-31H,1-4H3. The summed E-state index contributed by atoms with van der Waals surface area (Å²) in [6.45, 7) is 15.3. The second kappa shape index (κ2) is 16.3. The summed E-state index contributed by atoms with van der Waals surface area (Å²) < 4.78 is 65.0. The molecular weight excluding hydrogens is 829 g/mol. The SMILES string of the molecule is [C-]#[N+]c1ccc(N(c2cc(-c3cc(C)cc(C)c3)c(F)cc2F)c2ccc3ccc4c(N(c5ccc(C#N)cc5)c5cc(-c6cc(C)cc(C)c6)c(F)cc5F)ccc5ccc2c3c54)cc1. The van der Waals surface area contributed by atoms with Crippen molar-refractivity contribution in [3.63, 3.8) is 0 Å². The Morgan fingerprint density at radius 1 is 0.439 bits per heavy atom. The van der Waals surface area contributed by atoms with Crippen LogP contribution in [0.3, 0.4) is 0 Å². The number of nitriles is 1. The quantitative estimate of drug-likeness (QED) is 0.0867. The van der Waals surface area contributed by atoms with Gasteiger partial charge in [0.2, 0.25) is 0 Å². The molecule has 0 fully saturated rings. The van der Waals surface area contributed by atoms with Crippen molar-refractivity contribution in [2.24, 2.45) is 0 Å². The number of nitrogens with zero attached hydrogens (tertiary/aromatic N) is 4. The Balaban J connectivity index is 1.23. The van der Waals surface area contributed by atoms with Crippen LogP contribution in [-0.2, 0) is 0 Å². The molecule has 0 unspecified atom stereocenters. The highest BCUT2D eigenvalue weighted by Gasteiger charge is 2.26. The lowest BCUT2D eigenvalue weighted by molar-refractivity contribution is 0.586. The van der Waals surface area contributed by atoms with Crippen LogP contribution in [0.4, 0.5) is 57.4 Å². The van der Waals surface area contributed by atoms with E-state index in [1.165, 1.54) is 12.1 Å². The number of rotatable bonds is 8. The molecule has 10 rings (SSSR count). The van der Waals surface area contributed by atoms with Crippen LogP contribution in [0.1, 0.15) is 27.8 Å². The van der Waals surface area contributed by atoms with Crippen molar-refractivity contribution < 1.29 is 17.6 Å². The van der Waals surface area contributed by atoms with Crippen LogP contribution in [0.2, 0.25) is 0 Å². The van der Waals surface area contributed by atoms with Gasteiger partial charge >= 0.3 is 0 Å². The van der Waals surface area contributed by atoms with E-state index in [-0.39, 0.29) is 22.5 Å². The second-order valence-corrected chi connectivity index (χ2v) is 16.9. The van der Waals surface area contributed by atoms with Crippen LogP contribution >= 0.6 is 0 Å². The molecule has 0 amide bonds. The molecule has 0 aliphatic heterocycles. The van der Waals surface area contributed by atoms with E-state index in [0.717, 1.165) is 66.7 Å². The minimum Gasteiger partial charge on any atom is -0.307 e. The van der Waals surface area contributed by atoms with Crippen LogP contribution in [0.5, 0.6) is 0 Å². The maximum absolute atomic E-state index is 16.6. The van der Waals surface area contributed by atoms with E-state index < -0.39 is 23.3 Å². The molecule has 0 saturated heterocycles. The van der Waals surface area contributed by atoms with Gasteiger partial charge in [0.05, 0.1) is 41.0 Å². The maximum Gasteiger partial charge on any atom is 0.187 e. The number of hydrogen-bond acceptors (Lipinski definition) is 3. The Bertz CT molecular complexity index is 3380. The van der Waals surface area contributed by atoms with Gasteiger partial charge in [-0.05, 0) is 121 Å². The highest BCUT2D eigenvalue weighted by atomic mass is 19.1. The minimum atomic E-state index is -0.778. The fourth-order valence-electron chi connectivity index (χ4n) is 9.46. The van der Waals surface area contributed by atoms with E-state index in [0.29, 0.717) is 45.1 Å². The first kappa shape index (κ1) is 41.5. The van der Waals surface area contributed by atoms with E-state index in [2.05, 4.69) is 10.9 Å². The van der Waals surface area contributed by atoms with Crippen LogP contribution in [-0.4, -0.2) is 0 Å². The van der Waals surface area contributed by atoms with Crippen molar-refractivity contribution in [3.05, 3.63) is 220 Å². The predicted molar refractivity (Wildman–Crippen MR) is 260 cm³/mol. The Morgan fingerprint density at radius 2 is 0.833 bits per heavy atom. The largest absolute Gasteiger partial charge is 0.307 e. The summed E-state index contributed by atoms with van der Waals surface area (Å²) in [4.78, 5) is 7.09. The van der Waals surface area contributed by atoms with Crippen molar-refractivity contribution in [2.75, 3.05) is 9.80 Å². The molecule has 10 aromatic carbocycles. The van der Waals surface area contributed by atoms with Gasteiger partial charge in [0.15, 0.2) is 5.69 Å². The summed E-state index contributed by atoms with van der Waals surface area (Å²) in [6, 6.07) is 47.9. The van der Waals surface area contributed by atoms with E-state index in [1.54, 1.807) is 58.3 Å². The number of hydrogen-bond donors (Lipinski definition) is 0. The summed E-state index contributed by atoms with van der Waals surface area (Å²) in [7, 11) is 0. The van der Waals surface area contributed by atoms with Crippen molar-refractivity contribution in [2.45, 2.75) is 27.7 Å². The third-order valence-corrected chi connectivity index (χ3v) is 12.2. The monoisotopic (exact) mass is 866 g/mol. The summed E-state index contributed by atoms with van der Waals surface area (Å²) in [5, 5.41) is 14.7. The number of benzene rings is 10. The van der Waals surface area contributed by atoms with E-state index in [4.69, 9.17) is 6.57 Å². The fourth-order valence-corrected chi connectivity index (χ4v) is 9.46.